The van der Waals surface area contributed by atoms with E-state index in [9.17, 15) is 97.7 Å². The van der Waals surface area contributed by atoms with Gasteiger partial charge in [0.2, 0.25) is 23.5 Å². The van der Waals surface area contributed by atoms with Crippen LogP contribution in [0.3, 0.4) is 0 Å². The number of phenols is 2. The SMILES string of the molecule is COc1cccc2c1C(=O)c1c(O)c3c(c(O)c1C2=O)C[C@@](O)(C(=O)CO)C[C@@H]3O[C@H]1C[C@H](NC(=O)CCC(=O)NCCCC[C@@H](CC(=O)C(Cc2ccc(OP(=O)(O)O)cc2)NC(=O)OC2CC[C@@]3(C)C(=CC[C@@H]4[C@@H]3CC[C@]3(C)C([C@H](C)CCCC(C)C)CC[C@@H]43)C2)C(=O)NC(Cc2ccc(OP(=O)(O)O)cc2)C(=O)O)[C@H](O)[C@H](C)O1. The van der Waals surface area contributed by atoms with Crippen molar-refractivity contribution < 1.29 is 130 Å². The van der Waals surface area contributed by atoms with Crippen LogP contribution in [-0.4, -0.2) is 172 Å². The maximum absolute atomic E-state index is 15.0. The van der Waals surface area contributed by atoms with E-state index < -0.39 is 184 Å². The number of Topliss-reactive ketones (excluding diaryl/α,β-unsaturated/α-hetero) is 2. The van der Waals surface area contributed by atoms with Crippen molar-refractivity contribution in [2.45, 2.75) is 237 Å². The Labute approximate surface area is 678 Å². The second-order valence-corrected chi connectivity index (χ2v) is 36.2. The number of phosphoric ester groups is 2. The number of amides is 4. The Morgan fingerprint density at radius 3 is 2.02 bits per heavy atom. The van der Waals surface area contributed by atoms with Crippen LogP contribution in [0.5, 0.6) is 28.7 Å². The molecule has 4 fully saturated rings. The number of phosphoric acid groups is 2. The van der Waals surface area contributed by atoms with Crippen molar-refractivity contribution in [1.29, 1.82) is 0 Å². The number of ketones is 4. The van der Waals surface area contributed by atoms with E-state index in [1.165, 1.54) is 125 Å². The van der Waals surface area contributed by atoms with Gasteiger partial charge in [-0.25, -0.2) is 18.7 Å². The van der Waals surface area contributed by atoms with Gasteiger partial charge in [0.25, 0.3) is 0 Å². The predicted octanol–water partition coefficient (Wildman–Crippen LogP) is 9.30. The Morgan fingerprint density at radius 1 is 0.735 bits per heavy atom. The van der Waals surface area contributed by atoms with E-state index in [1.807, 2.05) is 0 Å². The highest BCUT2D eigenvalue weighted by molar-refractivity contribution is 7.47. The molecule has 4 aromatic carbocycles. The third-order valence-electron chi connectivity index (χ3n) is 25.8. The molecule has 3 saturated carbocycles. The molecule has 0 aromatic heterocycles. The van der Waals surface area contributed by atoms with Crippen molar-refractivity contribution >= 4 is 68.6 Å². The summed E-state index contributed by atoms with van der Waals surface area (Å²) in [6.45, 7) is 12.2. The quantitative estimate of drug-likeness (QED) is 0.00777. The molecule has 4 unspecified atom stereocenters. The topological polar surface area (TPSA) is 494 Å². The van der Waals surface area contributed by atoms with Gasteiger partial charge in [-0.15, -0.1) is 0 Å². The van der Waals surface area contributed by atoms with E-state index >= 15 is 4.79 Å². The van der Waals surface area contributed by atoms with Gasteiger partial charge in [0.1, 0.15) is 59.2 Å². The van der Waals surface area contributed by atoms with Crippen LogP contribution in [0, 0.1) is 52.3 Å². The van der Waals surface area contributed by atoms with Crippen LogP contribution < -0.4 is 35.1 Å². The Balaban J connectivity index is 0.737. The van der Waals surface area contributed by atoms with Gasteiger partial charge in [-0.2, -0.15) is 0 Å². The molecule has 117 heavy (non-hydrogen) atoms. The number of fused-ring (bicyclic) bond motifs is 8. The number of carboxylic acids is 1. The number of ether oxygens (including phenoxy) is 4. The van der Waals surface area contributed by atoms with E-state index in [-0.39, 0.29) is 96.4 Å². The zero-order valence-electron chi connectivity index (χ0n) is 66.9. The summed E-state index contributed by atoms with van der Waals surface area (Å²) in [7, 11) is -8.67. The molecule has 4 aromatic rings. The van der Waals surface area contributed by atoms with Gasteiger partial charge in [0.15, 0.2) is 23.6 Å². The Kier molecular flexibility index (Phi) is 28.3. The number of nitrogens with one attached hydrogen (secondary N) is 4. The molecule has 1 saturated heterocycles. The van der Waals surface area contributed by atoms with Crippen LogP contribution in [0.15, 0.2) is 78.4 Å². The number of phenolic OH excluding ortho intramolecular Hbond substituents is 2. The van der Waals surface area contributed by atoms with Crippen LogP contribution in [0.2, 0.25) is 0 Å². The molecule has 11 rings (SSSR count). The number of benzene rings is 4. The fraction of sp³-hybridized carbons (Fsp3) is 0.583. The van der Waals surface area contributed by atoms with Crippen LogP contribution in [0.25, 0.3) is 0 Å². The van der Waals surface area contributed by atoms with Gasteiger partial charge in [-0.1, -0.05) is 108 Å². The first-order chi connectivity index (χ1) is 55.2. The number of aromatic hydroxyl groups is 2. The van der Waals surface area contributed by atoms with Crippen molar-refractivity contribution in [2.75, 3.05) is 20.3 Å². The van der Waals surface area contributed by atoms with Gasteiger partial charge in [-0.05, 0) is 159 Å². The predicted molar refractivity (Wildman–Crippen MR) is 420 cm³/mol. The molecule has 33 heteroatoms. The lowest BCUT2D eigenvalue weighted by Crippen LogP contribution is -2.56. The number of methoxy groups -OCH3 is 1. The maximum Gasteiger partial charge on any atom is 0.524 e. The lowest BCUT2D eigenvalue weighted by molar-refractivity contribution is -0.249. The minimum Gasteiger partial charge on any atom is -0.507 e. The molecular weight excluding hydrogens is 1560 g/mol. The van der Waals surface area contributed by atoms with Crippen molar-refractivity contribution in [3.8, 4) is 28.7 Å². The summed E-state index contributed by atoms with van der Waals surface area (Å²) in [4.78, 5) is 163. The van der Waals surface area contributed by atoms with Crippen LogP contribution >= 0.6 is 15.6 Å². The third-order valence-corrected chi connectivity index (χ3v) is 26.7. The zero-order valence-corrected chi connectivity index (χ0v) is 68.7. The molecule has 0 radical (unpaired) electrons. The van der Waals surface area contributed by atoms with E-state index in [0.717, 1.165) is 19.3 Å². The van der Waals surface area contributed by atoms with E-state index in [4.69, 9.17) is 23.5 Å². The first-order valence-corrected chi connectivity index (χ1v) is 43.5. The van der Waals surface area contributed by atoms with Crippen molar-refractivity contribution in [1.82, 2.24) is 21.3 Å². The number of hydrogen-bond donors (Lipinski definition) is 14. The number of unbranched alkanes of at least 4 members (excludes halogenated alkanes) is 1. The number of hydrogen-bond acceptors (Lipinski definition) is 22. The Hall–Kier alpha value is -8.45. The number of carbonyl (C=O) groups is 9. The normalized spacial score (nSPS) is 27.0. The maximum atomic E-state index is 15.0. The van der Waals surface area contributed by atoms with E-state index in [2.05, 4.69) is 66.5 Å². The van der Waals surface area contributed by atoms with Gasteiger partial charge < -0.3 is 79.9 Å². The lowest BCUT2D eigenvalue weighted by Gasteiger charge is -2.58. The minimum absolute atomic E-state index is 0.00535. The van der Waals surface area contributed by atoms with Gasteiger partial charge in [0.05, 0.1) is 48.1 Å². The minimum atomic E-state index is -4.98. The van der Waals surface area contributed by atoms with E-state index in [0.29, 0.717) is 64.9 Å². The van der Waals surface area contributed by atoms with Gasteiger partial charge in [-0.3, -0.25) is 53.1 Å². The average molecular weight is 1670 g/mol. The number of rotatable bonds is 35. The average Bonchev–Trinajstić information content (AvgIpc) is 1.66. The first-order valence-electron chi connectivity index (χ1n) is 40.4. The summed E-state index contributed by atoms with van der Waals surface area (Å²) in [5.41, 5.74) is -2.49. The smallest absolute Gasteiger partial charge is 0.507 e. The molecule has 638 valence electrons. The summed E-state index contributed by atoms with van der Waals surface area (Å²) in [6, 6.07) is 10.5. The number of aliphatic carboxylic acids is 1. The van der Waals surface area contributed by atoms with Crippen LogP contribution in [0.4, 0.5) is 4.79 Å². The highest BCUT2D eigenvalue weighted by atomic mass is 31.2. The molecule has 14 N–H and O–H groups in total. The van der Waals surface area contributed by atoms with Crippen molar-refractivity contribution in [2.24, 2.45) is 52.3 Å². The highest BCUT2D eigenvalue weighted by Gasteiger charge is 2.60. The Morgan fingerprint density at radius 2 is 1.38 bits per heavy atom. The monoisotopic (exact) mass is 1670 g/mol. The lowest BCUT2D eigenvalue weighted by atomic mass is 9.47. The second-order valence-electron chi connectivity index (χ2n) is 33.9. The molecule has 1 heterocycles. The van der Waals surface area contributed by atoms with Crippen LogP contribution in [0.1, 0.15) is 224 Å². The summed E-state index contributed by atoms with van der Waals surface area (Å²) in [5.74, 6) is -6.87. The molecule has 0 spiro atoms. The molecule has 4 amide bonds. The highest BCUT2D eigenvalue weighted by Crippen LogP contribution is 2.68. The fourth-order valence-corrected chi connectivity index (χ4v) is 20.6. The number of allylic oxidation sites excluding steroid dienone is 1. The third kappa shape index (κ3) is 20.7. The summed E-state index contributed by atoms with van der Waals surface area (Å²) in [5, 5.41) is 78.1. The molecule has 0 bridgehead atoms. The van der Waals surface area contributed by atoms with E-state index in [1.54, 1.807) is 0 Å². The largest absolute Gasteiger partial charge is 0.524 e. The van der Waals surface area contributed by atoms with Gasteiger partial charge >= 0.3 is 27.7 Å². The van der Waals surface area contributed by atoms with Crippen molar-refractivity contribution in [3.63, 3.8) is 0 Å². The molecule has 31 nitrogen and oxygen atoms in total. The molecule has 6 aliphatic carbocycles. The first kappa shape index (κ1) is 89.3. The standard InChI is InChI=1S/C84H110N4O27P2/c1-44(2)12-10-13-45(3)57-27-28-58-54-26-21-50-39-53(31-33-82(50,5)59(54)32-34-83(57,58)6)112-81(102)88-60(36-47-17-22-51(23-18-47)114-116(104,105)106)63(90)38-49(79(99)87-62(80(100)101)37-48-19-24-52(25-20-48)115-117(107,108)109)14-8-9-35-85-67(92)29-30-68(93)86-61-40-69(111-46(4)74(61)94)113-65-42-84(103,66(91)43-89)41-56-71(65)78(98)73-72(76(56)96)75(95)55-15-11-16-64(110-7)70(55)77(73)97/h11,15-25,44-46,49,53-54,57-62,65,69,74,89,94,96,98,103H,8-10,12-14,26-43H2,1-7H3,(H,85,92)(H,86,93)(H,87,99)(H,88,102)(H,100,101)(H2,104,105,106)(H2,107,108,109)/t45-,46+,49+,53?,54+,57?,58+,59+,60?,61+,62?,65+,69+,74-,82+,83-,84+/m1/s1. The number of aliphatic hydroxyl groups excluding tert-OH is 2. The number of carboxylic acid groups (broad SMARTS) is 1. The molecule has 17 atom stereocenters. The summed E-state index contributed by atoms with van der Waals surface area (Å²) >= 11 is 0. The van der Waals surface area contributed by atoms with Crippen molar-refractivity contribution in [3.05, 3.63) is 123 Å². The molecule has 7 aliphatic rings. The fourth-order valence-electron chi connectivity index (χ4n) is 19.8. The number of carbonyl (C=O) groups excluding carboxylic acids is 8. The molecular formula is C84H110N4O27P2. The number of aliphatic hydroxyl groups is 3. The molecule has 1 aliphatic heterocycles. The number of alkyl carbamates (subject to hydrolysis) is 1. The van der Waals surface area contributed by atoms with Gasteiger partial charge in [0, 0.05) is 80.5 Å². The second kappa shape index (κ2) is 37.0. The van der Waals surface area contributed by atoms with Crippen LogP contribution in [-0.2, 0) is 71.4 Å². The zero-order chi connectivity index (χ0) is 85.0. The Bertz CT molecular complexity index is 4520. The summed E-state index contributed by atoms with van der Waals surface area (Å²) in [6.07, 6.45) is 3.32. The summed E-state index contributed by atoms with van der Waals surface area (Å²) < 4.78 is 56.5.